The van der Waals surface area contributed by atoms with Crippen molar-refractivity contribution in [2.75, 3.05) is 5.43 Å². The first kappa shape index (κ1) is 10.1. The molecule has 1 rings (SSSR count). The molecule has 0 aromatic carbocycles. The molecule has 0 saturated heterocycles. The monoisotopic (exact) mass is 181 g/mol. The summed E-state index contributed by atoms with van der Waals surface area (Å²) in [5.41, 5.74) is 3.42. The van der Waals surface area contributed by atoms with Crippen molar-refractivity contribution in [3.05, 3.63) is 18.7 Å². The fraction of sp³-hybridized carbons (Fsp3) is 0.700. The number of rotatable bonds is 6. The van der Waals surface area contributed by atoms with Crippen molar-refractivity contribution in [3.8, 4) is 0 Å². The van der Waals surface area contributed by atoms with E-state index in [4.69, 9.17) is 0 Å². The summed E-state index contributed by atoms with van der Waals surface area (Å²) >= 11 is 0. The Balaban J connectivity index is 2.37. The third-order valence-electron chi connectivity index (χ3n) is 2.11. The van der Waals surface area contributed by atoms with E-state index >= 15 is 0 Å². The Morgan fingerprint density at radius 3 is 2.46 bits per heavy atom. The highest BCUT2D eigenvalue weighted by Crippen LogP contribution is 2.05. The lowest BCUT2D eigenvalue weighted by molar-refractivity contribution is 0.539. The van der Waals surface area contributed by atoms with Crippen molar-refractivity contribution in [3.63, 3.8) is 0 Å². The maximum atomic E-state index is 4.00. The van der Waals surface area contributed by atoms with E-state index in [0.717, 1.165) is 0 Å². The lowest BCUT2D eigenvalue weighted by atomic mass is 10.1. The van der Waals surface area contributed by atoms with E-state index in [9.17, 15) is 0 Å². The summed E-state index contributed by atoms with van der Waals surface area (Å²) in [6.45, 7) is 4.44. The predicted molar refractivity (Wildman–Crippen MR) is 55.2 cm³/mol. The molecule has 0 aliphatic carbocycles. The third kappa shape index (κ3) is 3.49. The molecule has 0 bridgehead atoms. The summed E-state index contributed by atoms with van der Waals surface area (Å²) in [5.74, 6) is 0. The smallest absolute Gasteiger partial charge is 0.114 e. The van der Waals surface area contributed by atoms with Gasteiger partial charge in [-0.15, -0.1) is 0 Å². The normalized spacial score (nSPS) is 10.7. The number of nitrogens with zero attached hydrogens (tertiary/aromatic N) is 2. The SMILES string of the molecule is CCCC(CCC)Nn1ccnc1. The van der Waals surface area contributed by atoms with Gasteiger partial charge in [-0.2, -0.15) is 0 Å². The van der Waals surface area contributed by atoms with Crippen LogP contribution in [-0.4, -0.2) is 15.7 Å². The molecule has 74 valence electrons. The molecule has 0 spiro atoms. The topological polar surface area (TPSA) is 29.9 Å². The van der Waals surface area contributed by atoms with Crippen LogP contribution in [0.2, 0.25) is 0 Å². The second-order valence-electron chi connectivity index (χ2n) is 3.37. The minimum Gasteiger partial charge on any atom is -0.322 e. The fourth-order valence-electron chi connectivity index (χ4n) is 1.52. The standard InChI is InChI=1S/C10H19N3/c1-3-5-10(6-4-2)12-13-8-7-11-9-13/h7-10,12H,3-6H2,1-2H3. The summed E-state index contributed by atoms with van der Waals surface area (Å²) in [6.07, 6.45) is 10.5. The fourth-order valence-corrected chi connectivity index (χ4v) is 1.52. The molecule has 1 aromatic rings. The van der Waals surface area contributed by atoms with Crippen LogP contribution in [0.15, 0.2) is 18.7 Å². The van der Waals surface area contributed by atoms with E-state index in [2.05, 4.69) is 24.3 Å². The molecule has 0 aliphatic heterocycles. The van der Waals surface area contributed by atoms with Gasteiger partial charge in [0.1, 0.15) is 6.33 Å². The van der Waals surface area contributed by atoms with Gasteiger partial charge < -0.3 is 5.43 Å². The molecule has 0 fully saturated rings. The van der Waals surface area contributed by atoms with Crippen LogP contribution in [0.3, 0.4) is 0 Å². The molecule has 3 heteroatoms. The number of nitrogens with one attached hydrogen (secondary N) is 1. The van der Waals surface area contributed by atoms with Crippen LogP contribution in [-0.2, 0) is 0 Å². The largest absolute Gasteiger partial charge is 0.322 e. The van der Waals surface area contributed by atoms with Crippen LogP contribution in [0, 0.1) is 0 Å². The average Bonchev–Trinajstić information content (AvgIpc) is 2.58. The lowest BCUT2D eigenvalue weighted by Gasteiger charge is -2.18. The first-order valence-corrected chi connectivity index (χ1v) is 5.11. The Labute approximate surface area is 80.1 Å². The molecule has 1 heterocycles. The summed E-state index contributed by atoms with van der Waals surface area (Å²) in [4.78, 5) is 4.00. The quantitative estimate of drug-likeness (QED) is 0.730. The van der Waals surface area contributed by atoms with Crippen LogP contribution in [0.5, 0.6) is 0 Å². The van der Waals surface area contributed by atoms with Crippen molar-refractivity contribution in [1.82, 2.24) is 9.66 Å². The Hall–Kier alpha value is -0.990. The molecule has 0 atom stereocenters. The van der Waals surface area contributed by atoms with E-state index in [0.29, 0.717) is 6.04 Å². The van der Waals surface area contributed by atoms with Gasteiger partial charge in [-0.05, 0) is 12.8 Å². The summed E-state index contributed by atoms with van der Waals surface area (Å²) in [6, 6.07) is 0.587. The molecule has 13 heavy (non-hydrogen) atoms. The van der Waals surface area contributed by atoms with E-state index < -0.39 is 0 Å². The Morgan fingerprint density at radius 2 is 2.00 bits per heavy atom. The van der Waals surface area contributed by atoms with Gasteiger partial charge in [-0.25, -0.2) is 4.98 Å². The molecule has 1 N–H and O–H groups in total. The van der Waals surface area contributed by atoms with Crippen LogP contribution in [0.1, 0.15) is 39.5 Å². The Morgan fingerprint density at radius 1 is 1.31 bits per heavy atom. The zero-order chi connectivity index (χ0) is 9.52. The maximum absolute atomic E-state index is 4.00. The second-order valence-corrected chi connectivity index (χ2v) is 3.37. The van der Waals surface area contributed by atoms with Gasteiger partial charge in [0.05, 0.1) is 0 Å². The van der Waals surface area contributed by atoms with E-state index in [1.807, 2.05) is 10.9 Å². The van der Waals surface area contributed by atoms with Crippen LogP contribution in [0.25, 0.3) is 0 Å². The molecular formula is C10H19N3. The van der Waals surface area contributed by atoms with Crippen LogP contribution in [0.4, 0.5) is 0 Å². The molecular weight excluding hydrogens is 162 g/mol. The molecule has 0 amide bonds. The van der Waals surface area contributed by atoms with E-state index in [1.54, 1.807) is 12.5 Å². The molecule has 0 saturated carbocycles. The number of aromatic nitrogens is 2. The van der Waals surface area contributed by atoms with Crippen molar-refractivity contribution < 1.29 is 0 Å². The van der Waals surface area contributed by atoms with Gasteiger partial charge >= 0.3 is 0 Å². The number of imidazole rings is 1. The number of hydrogen-bond donors (Lipinski definition) is 1. The van der Waals surface area contributed by atoms with Gasteiger partial charge in [0.25, 0.3) is 0 Å². The Kier molecular flexibility index (Phi) is 4.36. The molecule has 0 unspecified atom stereocenters. The summed E-state index contributed by atoms with van der Waals surface area (Å²) < 4.78 is 1.94. The van der Waals surface area contributed by atoms with Crippen molar-refractivity contribution in [1.29, 1.82) is 0 Å². The second kappa shape index (κ2) is 5.62. The van der Waals surface area contributed by atoms with Crippen LogP contribution >= 0.6 is 0 Å². The summed E-state index contributed by atoms with van der Waals surface area (Å²) in [5, 5.41) is 0. The van der Waals surface area contributed by atoms with Gasteiger partial charge in [0.15, 0.2) is 0 Å². The molecule has 0 aliphatic rings. The first-order chi connectivity index (χ1) is 6.36. The molecule has 1 aromatic heterocycles. The highest BCUT2D eigenvalue weighted by Gasteiger charge is 2.04. The summed E-state index contributed by atoms with van der Waals surface area (Å²) in [7, 11) is 0. The van der Waals surface area contributed by atoms with Crippen LogP contribution < -0.4 is 5.43 Å². The first-order valence-electron chi connectivity index (χ1n) is 5.11. The number of hydrogen-bond acceptors (Lipinski definition) is 2. The Bertz CT molecular complexity index is 200. The lowest BCUT2D eigenvalue weighted by Crippen LogP contribution is -2.26. The van der Waals surface area contributed by atoms with Gasteiger partial charge in [0, 0.05) is 18.4 Å². The highest BCUT2D eigenvalue weighted by molar-refractivity contribution is 4.85. The van der Waals surface area contributed by atoms with Crippen molar-refractivity contribution in [2.24, 2.45) is 0 Å². The third-order valence-corrected chi connectivity index (χ3v) is 2.11. The minimum atomic E-state index is 0.587. The van der Waals surface area contributed by atoms with Crippen molar-refractivity contribution >= 4 is 0 Å². The zero-order valence-corrected chi connectivity index (χ0v) is 8.53. The predicted octanol–water partition coefficient (Wildman–Crippen LogP) is 2.40. The van der Waals surface area contributed by atoms with Gasteiger partial charge in [-0.3, -0.25) is 4.68 Å². The molecule has 0 radical (unpaired) electrons. The van der Waals surface area contributed by atoms with Gasteiger partial charge in [0.2, 0.25) is 0 Å². The molecule has 3 nitrogen and oxygen atoms in total. The van der Waals surface area contributed by atoms with E-state index in [1.165, 1.54) is 25.7 Å². The maximum Gasteiger partial charge on any atom is 0.114 e. The van der Waals surface area contributed by atoms with E-state index in [-0.39, 0.29) is 0 Å². The van der Waals surface area contributed by atoms with Crippen molar-refractivity contribution in [2.45, 2.75) is 45.6 Å². The zero-order valence-electron chi connectivity index (χ0n) is 8.53. The van der Waals surface area contributed by atoms with Gasteiger partial charge in [-0.1, -0.05) is 26.7 Å². The minimum absolute atomic E-state index is 0.587. The highest BCUT2D eigenvalue weighted by atomic mass is 15.4. The average molecular weight is 181 g/mol.